The van der Waals surface area contributed by atoms with Gasteiger partial charge in [0.25, 0.3) is 0 Å². The molecule has 20 heavy (non-hydrogen) atoms. The molecule has 0 saturated heterocycles. The van der Waals surface area contributed by atoms with E-state index in [4.69, 9.17) is 5.11 Å². The topological polar surface area (TPSA) is 59.3 Å². The number of aliphatic carboxylic acids is 1. The third kappa shape index (κ3) is 3.05. The number of carbonyl (C=O) groups is 1. The summed E-state index contributed by atoms with van der Waals surface area (Å²) >= 11 is 1.23. The standard InChI is InChI=1S/C15H15NO3S/c1-10-11(2)20-15(19)16(10)9-13-6-4-3-5-12(13)7-8-14(17)18/h3-8H,9H2,1-2H3,(H,17,18). The van der Waals surface area contributed by atoms with Crippen LogP contribution in [0, 0.1) is 13.8 Å². The van der Waals surface area contributed by atoms with Crippen LogP contribution in [0.3, 0.4) is 0 Å². The summed E-state index contributed by atoms with van der Waals surface area (Å²) in [6.07, 6.45) is 2.66. The molecule has 1 aromatic heterocycles. The molecule has 4 nitrogen and oxygen atoms in total. The van der Waals surface area contributed by atoms with Gasteiger partial charge < -0.3 is 5.11 Å². The van der Waals surface area contributed by atoms with Crippen molar-refractivity contribution in [3.63, 3.8) is 0 Å². The highest BCUT2D eigenvalue weighted by Gasteiger charge is 2.09. The second kappa shape index (κ2) is 5.88. The summed E-state index contributed by atoms with van der Waals surface area (Å²) in [7, 11) is 0. The Morgan fingerprint density at radius 2 is 2.05 bits per heavy atom. The first-order valence-corrected chi connectivity index (χ1v) is 6.96. The van der Waals surface area contributed by atoms with Crippen LogP contribution in [0.25, 0.3) is 6.08 Å². The molecule has 0 bridgehead atoms. The summed E-state index contributed by atoms with van der Waals surface area (Å²) in [4.78, 5) is 23.5. The Labute approximate surface area is 120 Å². The minimum absolute atomic E-state index is 0.0111. The molecule has 5 heteroatoms. The van der Waals surface area contributed by atoms with Crippen molar-refractivity contribution in [3.05, 3.63) is 61.7 Å². The molecular weight excluding hydrogens is 274 g/mol. The van der Waals surface area contributed by atoms with Gasteiger partial charge in [-0.05, 0) is 31.1 Å². The Morgan fingerprint density at radius 1 is 1.35 bits per heavy atom. The number of carboxylic acid groups (broad SMARTS) is 1. The molecule has 0 saturated carbocycles. The fourth-order valence-corrected chi connectivity index (χ4v) is 2.77. The average Bonchev–Trinajstić information content (AvgIpc) is 2.64. The zero-order valence-electron chi connectivity index (χ0n) is 11.3. The summed E-state index contributed by atoms with van der Waals surface area (Å²) in [5, 5.41) is 8.71. The van der Waals surface area contributed by atoms with Crippen molar-refractivity contribution in [2.24, 2.45) is 0 Å². The first-order chi connectivity index (χ1) is 9.49. The Kier molecular flexibility index (Phi) is 4.20. The van der Waals surface area contributed by atoms with Gasteiger partial charge in [0.2, 0.25) is 0 Å². The number of thiazole rings is 1. The van der Waals surface area contributed by atoms with Gasteiger partial charge in [0.05, 0.1) is 6.54 Å². The van der Waals surface area contributed by atoms with E-state index in [0.29, 0.717) is 6.54 Å². The molecule has 0 fully saturated rings. The van der Waals surface area contributed by atoms with Crippen molar-refractivity contribution in [1.82, 2.24) is 4.57 Å². The average molecular weight is 289 g/mol. The lowest BCUT2D eigenvalue weighted by atomic mass is 10.1. The van der Waals surface area contributed by atoms with Crippen molar-refractivity contribution in [2.45, 2.75) is 20.4 Å². The lowest BCUT2D eigenvalue weighted by Gasteiger charge is -2.08. The van der Waals surface area contributed by atoms with E-state index in [1.807, 2.05) is 38.1 Å². The van der Waals surface area contributed by atoms with Crippen molar-refractivity contribution in [3.8, 4) is 0 Å². The van der Waals surface area contributed by atoms with E-state index in [2.05, 4.69) is 0 Å². The third-order valence-corrected chi connectivity index (χ3v) is 4.16. The zero-order valence-corrected chi connectivity index (χ0v) is 12.1. The zero-order chi connectivity index (χ0) is 14.7. The van der Waals surface area contributed by atoms with E-state index in [0.717, 1.165) is 27.8 Å². The van der Waals surface area contributed by atoms with Crippen LogP contribution in [0.4, 0.5) is 0 Å². The number of benzene rings is 1. The summed E-state index contributed by atoms with van der Waals surface area (Å²) in [6, 6.07) is 7.47. The van der Waals surface area contributed by atoms with Gasteiger partial charge in [-0.15, -0.1) is 0 Å². The molecule has 104 valence electrons. The summed E-state index contributed by atoms with van der Waals surface area (Å²) in [5.41, 5.74) is 2.69. The molecule has 0 spiro atoms. The molecule has 0 atom stereocenters. The second-order valence-electron chi connectivity index (χ2n) is 4.47. The quantitative estimate of drug-likeness (QED) is 0.880. The predicted molar refractivity (Wildman–Crippen MR) is 80.3 cm³/mol. The smallest absolute Gasteiger partial charge is 0.328 e. The summed E-state index contributed by atoms with van der Waals surface area (Å²) in [6.45, 7) is 4.30. The fourth-order valence-electron chi connectivity index (χ4n) is 1.94. The van der Waals surface area contributed by atoms with E-state index in [1.165, 1.54) is 11.3 Å². The number of carboxylic acids is 1. The lowest BCUT2D eigenvalue weighted by molar-refractivity contribution is -0.131. The van der Waals surface area contributed by atoms with Crippen LogP contribution < -0.4 is 4.87 Å². The molecule has 1 N–H and O–H groups in total. The Morgan fingerprint density at radius 3 is 2.65 bits per heavy atom. The monoisotopic (exact) mass is 289 g/mol. The van der Waals surface area contributed by atoms with Crippen LogP contribution in [0.5, 0.6) is 0 Å². The molecule has 0 amide bonds. The van der Waals surface area contributed by atoms with Crippen molar-refractivity contribution < 1.29 is 9.90 Å². The second-order valence-corrected chi connectivity index (χ2v) is 5.63. The Bertz CT molecular complexity index is 725. The van der Waals surface area contributed by atoms with E-state index in [1.54, 1.807) is 10.6 Å². The van der Waals surface area contributed by atoms with Crippen LogP contribution in [0.15, 0.2) is 35.1 Å². The minimum atomic E-state index is -0.987. The molecule has 0 aliphatic carbocycles. The summed E-state index contributed by atoms with van der Waals surface area (Å²) in [5.74, 6) is -0.987. The van der Waals surface area contributed by atoms with Gasteiger partial charge in [-0.3, -0.25) is 9.36 Å². The highest BCUT2D eigenvalue weighted by Crippen LogP contribution is 2.15. The largest absolute Gasteiger partial charge is 0.478 e. The van der Waals surface area contributed by atoms with Crippen LogP contribution in [-0.2, 0) is 11.3 Å². The van der Waals surface area contributed by atoms with Crippen LogP contribution in [0.2, 0.25) is 0 Å². The molecule has 2 rings (SSSR count). The van der Waals surface area contributed by atoms with Crippen molar-refractivity contribution >= 4 is 23.4 Å². The van der Waals surface area contributed by atoms with Crippen LogP contribution in [0.1, 0.15) is 21.7 Å². The van der Waals surface area contributed by atoms with Gasteiger partial charge in [0.1, 0.15) is 0 Å². The maximum Gasteiger partial charge on any atom is 0.328 e. The van der Waals surface area contributed by atoms with E-state index in [9.17, 15) is 9.59 Å². The lowest BCUT2D eigenvalue weighted by Crippen LogP contribution is -2.15. The third-order valence-electron chi connectivity index (χ3n) is 3.16. The number of rotatable bonds is 4. The van der Waals surface area contributed by atoms with E-state index >= 15 is 0 Å². The molecule has 1 aromatic carbocycles. The van der Waals surface area contributed by atoms with E-state index < -0.39 is 5.97 Å². The van der Waals surface area contributed by atoms with Crippen molar-refractivity contribution in [2.75, 3.05) is 0 Å². The van der Waals surface area contributed by atoms with Gasteiger partial charge >= 0.3 is 10.8 Å². The number of aryl methyl sites for hydroxylation is 1. The Hall–Kier alpha value is -2.14. The molecule has 0 radical (unpaired) electrons. The van der Waals surface area contributed by atoms with Gasteiger partial charge in [0.15, 0.2) is 0 Å². The molecule has 2 aromatic rings. The number of aromatic nitrogens is 1. The maximum absolute atomic E-state index is 11.9. The molecule has 0 unspecified atom stereocenters. The Balaban J connectivity index is 2.39. The number of nitrogens with zero attached hydrogens (tertiary/aromatic N) is 1. The van der Waals surface area contributed by atoms with Crippen LogP contribution >= 0.6 is 11.3 Å². The van der Waals surface area contributed by atoms with Crippen LogP contribution in [-0.4, -0.2) is 15.6 Å². The fraction of sp³-hybridized carbons (Fsp3) is 0.200. The maximum atomic E-state index is 11.9. The first kappa shape index (κ1) is 14.3. The number of hydrogen-bond acceptors (Lipinski definition) is 3. The molecule has 0 aliphatic rings. The number of hydrogen-bond donors (Lipinski definition) is 1. The van der Waals surface area contributed by atoms with Gasteiger partial charge in [-0.2, -0.15) is 0 Å². The minimum Gasteiger partial charge on any atom is -0.478 e. The predicted octanol–water partition coefficient (Wildman–Crippen LogP) is 2.67. The molecule has 1 heterocycles. The normalized spacial score (nSPS) is 11.1. The molecular formula is C15H15NO3S. The van der Waals surface area contributed by atoms with Gasteiger partial charge in [-0.1, -0.05) is 35.6 Å². The first-order valence-electron chi connectivity index (χ1n) is 6.15. The van der Waals surface area contributed by atoms with Crippen molar-refractivity contribution in [1.29, 1.82) is 0 Å². The molecule has 0 aliphatic heterocycles. The van der Waals surface area contributed by atoms with Gasteiger partial charge in [-0.25, -0.2) is 4.79 Å². The van der Waals surface area contributed by atoms with Gasteiger partial charge in [0, 0.05) is 16.6 Å². The highest BCUT2D eigenvalue weighted by molar-refractivity contribution is 7.09. The highest BCUT2D eigenvalue weighted by atomic mass is 32.1. The SMILES string of the molecule is Cc1sc(=O)n(Cc2ccccc2C=CC(=O)O)c1C. The summed E-state index contributed by atoms with van der Waals surface area (Å²) < 4.78 is 1.72. The van der Waals surface area contributed by atoms with E-state index in [-0.39, 0.29) is 4.87 Å².